The molecular weight excluding hydrogens is 247 g/mol. The van der Waals surface area contributed by atoms with Gasteiger partial charge in [-0.2, -0.15) is 0 Å². The second-order valence-corrected chi connectivity index (χ2v) is 3.86. The Morgan fingerprint density at radius 3 is 2.82 bits per heavy atom. The minimum atomic E-state index is -0.502. The quantitative estimate of drug-likeness (QED) is 0.883. The van der Waals surface area contributed by atoms with E-state index >= 15 is 0 Å². The number of nitrogens with zero attached hydrogens (tertiary/aromatic N) is 2. The van der Waals surface area contributed by atoms with Crippen molar-refractivity contribution in [2.45, 2.75) is 13.0 Å². The molecule has 1 unspecified atom stereocenters. The number of anilines is 2. The summed E-state index contributed by atoms with van der Waals surface area (Å²) >= 11 is 5.83. The highest BCUT2D eigenvalue weighted by Gasteiger charge is 2.13. The molecule has 0 spiro atoms. The third-order valence-electron chi connectivity index (χ3n) is 2.02. The van der Waals surface area contributed by atoms with Crippen LogP contribution in [0.5, 0.6) is 0 Å². The van der Waals surface area contributed by atoms with Crippen molar-refractivity contribution in [2.24, 2.45) is 5.73 Å². The van der Waals surface area contributed by atoms with Crippen molar-refractivity contribution in [1.82, 2.24) is 10.2 Å². The highest BCUT2D eigenvalue weighted by atomic mass is 35.5. The van der Waals surface area contributed by atoms with Crippen LogP contribution in [0.15, 0.2) is 22.6 Å². The average Bonchev–Trinajstić information content (AvgIpc) is 2.72. The van der Waals surface area contributed by atoms with Crippen LogP contribution in [0.2, 0.25) is 5.02 Å². The lowest BCUT2D eigenvalue weighted by molar-refractivity contribution is 0.475. The van der Waals surface area contributed by atoms with Gasteiger partial charge in [-0.25, -0.2) is 4.39 Å². The number of nitrogens with two attached hydrogens (primary N) is 1. The summed E-state index contributed by atoms with van der Waals surface area (Å²) in [5.74, 6) is -0.238. The van der Waals surface area contributed by atoms with E-state index in [1.54, 1.807) is 13.0 Å². The van der Waals surface area contributed by atoms with E-state index in [0.717, 1.165) is 0 Å². The number of benzene rings is 1. The van der Waals surface area contributed by atoms with Crippen molar-refractivity contribution >= 4 is 23.3 Å². The molecule has 2 rings (SSSR count). The van der Waals surface area contributed by atoms with Crippen LogP contribution in [0.25, 0.3) is 0 Å². The smallest absolute Gasteiger partial charge is 0.320 e. The van der Waals surface area contributed by atoms with Gasteiger partial charge in [0, 0.05) is 0 Å². The molecule has 3 N–H and O–H groups in total. The van der Waals surface area contributed by atoms with E-state index in [-0.39, 0.29) is 28.7 Å². The zero-order valence-electron chi connectivity index (χ0n) is 8.95. The SMILES string of the molecule is CC(N)c1nnc(Nc2c(F)cccc2Cl)o1. The Kier molecular flexibility index (Phi) is 3.26. The summed E-state index contributed by atoms with van der Waals surface area (Å²) in [7, 11) is 0. The van der Waals surface area contributed by atoms with Crippen LogP contribution in [0.3, 0.4) is 0 Å². The fourth-order valence-corrected chi connectivity index (χ4v) is 1.40. The minimum Gasteiger partial charge on any atom is -0.406 e. The number of aromatic nitrogens is 2. The molecule has 0 saturated heterocycles. The fourth-order valence-electron chi connectivity index (χ4n) is 1.19. The number of hydrogen-bond donors (Lipinski definition) is 2. The van der Waals surface area contributed by atoms with Crippen LogP contribution in [0.4, 0.5) is 16.1 Å². The topological polar surface area (TPSA) is 77.0 Å². The number of nitrogens with one attached hydrogen (secondary N) is 1. The molecule has 1 atom stereocenters. The summed E-state index contributed by atoms with van der Waals surface area (Å²) in [5.41, 5.74) is 5.65. The molecule has 1 aromatic heterocycles. The monoisotopic (exact) mass is 256 g/mol. The number of hydrogen-bond acceptors (Lipinski definition) is 5. The maximum Gasteiger partial charge on any atom is 0.320 e. The number of rotatable bonds is 3. The molecule has 0 radical (unpaired) electrons. The zero-order chi connectivity index (χ0) is 12.4. The van der Waals surface area contributed by atoms with Crippen molar-refractivity contribution in [3.05, 3.63) is 34.9 Å². The molecule has 0 aliphatic carbocycles. The molecule has 7 heteroatoms. The van der Waals surface area contributed by atoms with E-state index in [0.29, 0.717) is 0 Å². The van der Waals surface area contributed by atoms with Gasteiger partial charge in [0.15, 0.2) is 0 Å². The number of para-hydroxylation sites is 1. The first-order valence-electron chi connectivity index (χ1n) is 4.88. The summed E-state index contributed by atoms with van der Waals surface area (Å²) in [6, 6.07) is 4.00. The second-order valence-electron chi connectivity index (χ2n) is 3.46. The molecule has 0 amide bonds. The first-order valence-corrected chi connectivity index (χ1v) is 5.25. The lowest BCUT2D eigenvalue weighted by Crippen LogP contribution is -2.04. The van der Waals surface area contributed by atoms with Crippen molar-refractivity contribution in [3.63, 3.8) is 0 Å². The van der Waals surface area contributed by atoms with Crippen molar-refractivity contribution < 1.29 is 8.81 Å². The standard InChI is InChI=1S/C10H10ClFN4O/c1-5(13)9-15-16-10(17-9)14-8-6(11)3-2-4-7(8)12/h2-5H,13H2,1H3,(H,14,16). The maximum absolute atomic E-state index is 13.4. The third-order valence-corrected chi connectivity index (χ3v) is 2.34. The average molecular weight is 257 g/mol. The van der Waals surface area contributed by atoms with Gasteiger partial charge in [-0.15, -0.1) is 5.10 Å². The minimum absolute atomic E-state index is 0.0456. The molecule has 1 heterocycles. The molecular formula is C10H10ClFN4O. The molecule has 90 valence electrons. The predicted molar refractivity (Wildman–Crippen MR) is 61.6 cm³/mol. The molecule has 1 aromatic carbocycles. The van der Waals surface area contributed by atoms with Crippen LogP contribution >= 0.6 is 11.6 Å². The third kappa shape index (κ3) is 2.54. The van der Waals surface area contributed by atoms with Gasteiger partial charge in [-0.05, 0) is 19.1 Å². The van der Waals surface area contributed by atoms with Gasteiger partial charge in [0.2, 0.25) is 5.89 Å². The molecule has 0 saturated carbocycles. The summed E-state index contributed by atoms with van der Waals surface area (Å²) in [6.07, 6.45) is 0. The van der Waals surface area contributed by atoms with Crippen molar-refractivity contribution in [2.75, 3.05) is 5.32 Å². The van der Waals surface area contributed by atoms with Gasteiger partial charge in [-0.3, -0.25) is 0 Å². The number of halogens is 2. The molecule has 0 fully saturated rings. The molecule has 0 aliphatic heterocycles. The van der Waals surface area contributed by atoms with E-state index < -0.39 is 5.82 Å². The normalized spacial score (nSPS) is 12.5. The van der Waals surface area contributed by atoms with Gasteiger partial charge in [0.05, 0.1) is 16.8 Å². The Morgan fingerprint density at radius 1 is 1.47 bits per heavy atom. The molecule has 0 bridgehead atoms. The van der Waals surface area contributed by atoms with Crippen molar-refractivity contribution in [3.8, 4) is 0 Å². The van der Waals surface area contributed by atoms with Crippen molar-refractivity contribution in [1.29, 1.82) is 0 Å². The Balaban J connectivity index is 2.25. The van der Waals surface area contributed by atoms with Crippen LogP contribution in [-0.2, 0) is 0 Å². The largest absolute Gasteiger partial charge is 0.406 e. The summed E-state index contributed by atoms with van der Waals surface area (Å²) in [4.78, 5) is 0. The van der Waals surface area contributed by atoms with E-state index in [4.69, 9.17) is 21.8 Å². The Hall–Kier alpha value is -1.66. The van der Waals surface area contributed by atoms with Gasteiger partial charge >= 0.3 is 6.01 Å². The first kappa shape index (κ1) is 11.8. The second kappa shape index (κ2) is 4.68. The summed E-state index contributed by atoms with van der Waals surface area (Å²) in [6.45, 7) is 1.70. The van der Waals surface area contributed by atoms with E-state index in [9.17, 15) is 4.39 Å². The Morgan fingerprint density at radius 2 is 2.24 bits per heavy atom. The van der Waals surface area contributed by atoms with Crippen LogP contribution in [0.1, 0.15) is 18.9 Å². The van der Waals surface area contributed by atoms with E-state index in [1.165, 1.54) is 12.1 Å². The van der Waals surface area contributed by atoms with Gasteiger partial charge < -0.3 is 15.5 Å². The van der Waals surface area contributed by atoms with E-state index in [2.05, 4.69) is 15.5 Å². The van der Waals surface area contributed by atoms with Crippen LogP contribution in [0, 0.1) is 5.82 Å². The molecule has 17 heavy (non-hydrogen) atoms. The lowest BCUT2D eigenvalue weighted by Gasteiger charge is -2.04. The zero-order valence-corrected chi connectivity index (χ0v) is 9.70. The van der Waals surface area contributed by atoms with Gasteiger partial charge in [-0.1, -0.05) is 22.8 Å². The fraction of sp³-hybridized carbons (Fsp3) is 0.200. The summed E-state index contributed by atoms with van der Waals surface area (Å²) < 4.78 is 18.6. The first-order chi connectivity index (χ1) is 8.08. The van der Waals surface area contributed by atoms with E-state index in [1.807, 2.05) is 0 Å². The van der Waals surface area contributed by atoms with Crippen LogP contribution in [-0.4, -0.2) is 10.2 Å². The highest BCUT2D eigenvalue weighted by Crippen LogP contribution is 2.27. The Bertz CT molecular complexity index is 509. The molecule has 2 aromatic rings. The van der Waals surface area contributed by atoms with Crippen LogP contribution < -0.4 is 11.1 Å². The predicted octanol–water partition coefficient (Wildman–Crippen LogP) is 2.63. The molecule has 0 aliphatic rings. The Labute approximate surface area is 102 Å². The lowest BCUT2D eigenvalue weighted by atomic mass is 10.3. The van der Waals surface area contributed by atoms with Gasteiger partial charge in [0.25, 0.3) is 0 Å². The maximum atomic E-state index is 13.4. The summed E-state index contributed by atoms with van der Waals surface area (Å²) in [5, 5.41) is 10.2. The highest BCUT2D eigenvalue weighted by molar-refractivity contribution is 6.33. The molecule has 5 nitrogen and oxygen atoms in total. The van der Waals surface area contributed by atoms with Gasteiger partial charge in [0.1, 0.15) is 5.82 Å².